The van der Waals surface area contributed by atoms with Gasteiger partial charge in [-0.3, -0.25) is 9.00 Å². The van der Waals surface area contributed by atoms with Gasteiger partial charge >= 0.3 is 0 Å². The molecular weight excluding hydrogens is 322 g/mol. The zero-order valence-corrected chi connectivity index (χ0v) is 15.0. The van der Waals surface area contributed by atoms with Crippen molar-refractivity contribution < 1.29 is 13.7 Å². The molecule has 2 aliphatic rings. The molecule has 0 saturated heterocycles. The molecule has 1 N–H and O–H groups in total. The summed E-state index contributed by atoms with van der Waals surface area (Å²) in [6.45, 7) is 0.794. The van der Waals surface area contributed by atoms with Gasteiger partial charge in [0.1, 0.15) is 6.61 Å². The Morgan fingerprint density at radius 1 is 1.17 bits per heavy atom. The number of benzene rings is 1. The zero-order valence-electron chi connectivity index (χ0n) is 14.2. The molecule has 0 aliphatic heterocycles. The molecule has 2 saturated carbocycles. The van der Waals surface area contributed by atoms with Crippen LogP contribution in [-0.4, -0.2) is 28.6 Å². The molecule has 0 radical (unpaired) electrons. The van der Waals surface area contributed by atoms with Crippen LogP contribution in [0.4, 0.5) is 5.69 Å². The van der Waals surface area contributed by atoms with Gasteiger partial charge in [0.15, 0.2) is 0 Å². The summed E-state index contributed by atoms with van der Waals surface area (Å²) in [5, 5.41) is 3.21. The van der Waals surface area contributed by atoms with E-state index in [4.69, 9.17) is 4.74 Å². The highest BCUT2D eigenvalue weighted by Crippen LogP contribution is 2.28. The Bertz CT molecular complexity index is 580. The van der Waals surface area contributed by atoms with Gasteiger partial charge in [0.25, 0.3) is 0 Å². The fourth-order valence-electron chi connectivity index (χ4n) is 3.15. The Labute approximate surface area is 146 Å². The lowest BCUT2D eigenvalue weighted by Gasteiger charge is -2.21. The van der Waals surface area contributed by atoms with E-state index in [9.17, 15) is 9.00 Å². The van der Waals surface area contributed by atoms with Crippen LogP contribution in [0.15, 0.2) is 24.3 Å². The van der Waals surface area contributed by atoms with Crippen LogP contribution >= 0.6 is 0 Å². The summed E-state index contributed by atoms with van der Waals surface area (Å²) in [7, 11) is -0.819. The first kappa shape index (κ1) is 17.6. The van der Waals surface area contributed by atoms with Gasteiger partial charge in [0.05, 0.1) is 6.61 Å². The molecule has 2 aliphatic carbocycles. The smallest absolute Gasteiger partial charge is 0.250 e. The van der Waals surface area contributed by atoms with E-state index >= 15 is 0 Å². The topological polar surface area (TPSA) is 55.4 Å². The highest BCUT2D eigenvalue weighted by atomic mass is 32.2. The Balaban J connectivity index is 1.47. The zero-order chi connectivity index (χ0) is 16.8. The number of hydrogen-bond acceptors (Lipinski definition) is 3. The third-order valence-electron chi connectivity index (χ3n) is 4.73. The van der Waals surface area contributed by atoms with E-state index in [1.54, 1.807) is 0 Å². The second kappa shape index (κ2) is 8.77. The van der Waals surface area contributed by atoms with E-state index in [0.29, 0.717) is 23.5 Å². The number of hydrogen-bond donors (Lipinski definition) is 1. The summed E-state index contributed by atoms with van der Waals surface area (Å²) in [6, 6.07) is 7.69. The molecule has 1 atom stereocenters. The summed E-state index contributed by atoms with van der Waals surface area (Å²) in [5.74, 6) is 1.11. The average molecular weight is 349 g/mol. The molecule has 5 heteroatoms. The lowest BCUT2D eigenvalue weighted by atomic mass is 10.0. The van der Waals surface area contributed by atoms with Crippen molar-refractivity contribution in [1.29, 1.82) is 0 Å². The first-order chi connectivity index (χ1) is 11.7. The van der Waals surface area contributed by atoms with Gasteiger partial charge in [-0.25, -0.2) is 0 Å². The van der Waals surface area contributed by atoms with Crippen molar-refractivity contribution in [2.45, 2.75) is 55.9 Å². The third kappa shape index (κ3) is 5.71. The van der Waals surface area contributed by atoms with Gasteiger partial charge in [-0.15, -0.1) is 0 Å². The van der Waals surface area contributed by atoms with E-state index in [-0.39, 0.29) is 12.5 Å². The first-order valence-corrected chi connectivity index (χ1v) is 10.4. The van der Waals surface area contributed by atoms with Gasteiger partial charge in [0, 0.05) is 27.5 Å². The van der Waals surface area contributed by atoms with Crippen LogP contribution in [0, 0.1) is 5.92 Å². The fraction of sp³-hybridized carbons (Fsp3) is 0.632. The number of anilines is 1. The van der Waals surface area contributed by atoms with Crippen LogP contribution in [0.25, 0.3) is 0 Å². The van der Waals surface area contributed by atoms with Crippen molar-refractivity contribution in [2.75, 3.05) is 18.5 Å². The highest BCUT2D eigenvalue weighted by molar-refractivity contribution is 7.84. The molecule has 1 aromatic rings. The molecule has 1 amide bonds. The Hall–Kier alpha value is -1.20. The van der Waals surface area contributed by atoms with E-state index in [1.807, 2.05) is 24.3 Å². The van der Waals surface area contributed by atoms with Gasteiger partial charge in [-0.05, 0) is 49.3 Å². The minimum absolute atomic E-state index is 0.106. The lowest BCUT2D eigenvalue weighted by molar-refractivity contribution is -0.120. The summed E-state index contributed by atoms with van der Waals surface area (Å²) >= 11 is 0. The molecule has 3 rings (SSSR count). The average Bonchev–Trinajstić information content (AvgIpc) is 3.40. The number of ether oxygens (including phenoxy) is 1. The number of amides is 1. The standard InChI is InChI=1S/C19H27NO3S/c21-19(13-23-12-15-9-10-15)20-17-6-4-5-16(11-17)14-24(22)18-7-2-1-3-8-18/h4-6,11,15,18H,1-3,7-10,12-14H2,(H,20,21)/t24-/m0/s1. The summed E-state index contributed by atoms with van der Waals surface area (Å²) in [4.78, 5) is 11.9. The van der Waals surface area contributed by atoms with Crippen molar-refractivity contribution >= 4 is 22.4 Å². The van der Waals surface area contributed by atoms with Crippen LogP contribution < -0.4 is 5.32 Å². The third-order valence-corrected chi connectivity index (χ3v) is 6.56. The molecule has 2 fully saturated rings. The molecule has 1 aromatic carbocycles. The molecule has 0 aromatic heterocycles. The molecule has 0 unspecified atom stereocenters. The molecule has 132 valence electrons. The van der Waals surface area contributed by atoms with Crippen molar-refractivity contribution in [3.05, 3.63) is 29.8 Å². The second-order valence-corrected chi connectivity index (χ2v) is 8.71. The monoisotopic (exact) mass is 349 g/mol. The Morgan fingerprint density at radius 3 is 2.71 bits per heavy atom. The van der Waals surface area contributed by atoms with Gasteiger partial charge < -0.3 is 10.1 Å². The molecule has 24 heavy (non-hydrogen) atoms. The summed E-state index contributed by atoms with van der Waals surface area (Å²) < 4.78 is 17.9. The van der Waals surface area contributed by atoms with Crippen molar-refractivity contribution in [2.24, 2.45) is 5.92 Å². The molecule has 4 nitrogen and oxygen atoms in total. The normalized spacial score (nSPS) is 19.8. The number of carbonyl (C=O) groups excluding carboxylic acids is 1. The number of rotatable bonds is 8. The Kier molecular flexibility index (Phi) is 6.44. The summed E-state index contributed by atoms with van der Waals surface area (Å²) in [5.41, 5.74) is 1.78. The lowest BCUT2D eigenvalue weighted by Crippen LogP contribution is -2.20. The largest absolute Gasteiger partial charge is 0.371 e. The Morgan fingerprint density at radius 2 is 1.96 bits per heavy atom. The van der Waals surface area contributed by atoms with Crippen LogP contribution in [0.3, 0.4) is 0 Å². The van der Waals surface area contributed by atoms with Gasteiger partial charge in [-0.2, -0.15) is 0 Å². The van der Waals surface area contributed by atoms with Crippen molar-refractivity contribution in [3.8, 4) is 0 Å². The quantitative estimate of drug-likeness (QED) is 0.780. The number of nitrogens with one attached hydrogen (secondary N) is 1. The van der Waals surface area contributed by atoms with Crippen molar-refractivity contribution in [1.82, 2.24) is 0 Å². The fourth-order valence-corrected chi connectivity index (χ4v) is 4.75. The first-order valence-electron chi connectivity index (χ1n) is 9.04. The van der Waals surface area contributed by atoms with E-state index in [1.165, 1.54) is 32.1 Å². The highest BCUT2D eigenvalue weighted by Gasteiger charge is 2.22. The maximum Gasteiger partial charge on any atom is 0.250 e. The number of carbonyl (C=O) groups is 1. The predicted octanol–water partition coefficient (Wildman–Crippen LogP) is 3.63. The van der Waals surface area contributed by atoms with E-state index in [2.05, 4.69) is 5.32 Å². The minimum Gasteiger partial charge on any atom is -0.371 e. The second-order valence-electron chi connectivity index (χ2n) is 6.99. The SMILES string of the molecule is O=C(COCC1CC1)Nc1cccc(C[S@](=O)C2CCCCC2)c1. The summed E-state index contributed by atoms with van der Waals surface area (Å²) in [6.07, 6.45) is 8.30. The minimum atomic E-state index is -0.819. The molecular formula is C19H27NO3S. The predicted molar refractivity (Wildman–Crippen MR) is 97.3 cm³/mol. The van der Waals surface area contributed by atoms with Crippen molar-refractivity contribution in [3.63, 3.8) is 0 Å². The van der Waals surface area contributed by atoms with E-state index in [0.717, 1.165) is 24.1 Å². The molecule has 0 spiro atoms. The maximum absolute atomic E-state index is 12.5. The van der Waals surface area contributed by atoms with Crippen LogP contribution in [0.1, 0.15) is 50.5 Å². The van der Waals surface area contributed by atoms with Crippen LogP contribution in [0.2, 0.25) is 0 Å². The van der Waals surface area contributed by atoms with E-state index < -0.39 is 10.8 Å². The van der Waals surface area contributed by atoms with Crippen LogP contribution in [-0.2, 0) is 26.1 Å². The van der Waals surface area contributed by atoms with Gasteiger partial charge in [-0.1, -0.05) is 31.4 Å². The molecule has 0 heterocycles. The van der Waals surface area contributed by atoms with Gasteiger partial charge in [0.2, 0.25) is 5.91 Å². The maximum atomic E-state index is 12.5. The van der Waals surface area contributed by atoms with Crippen LogP contribution in [0.5, 0.6) is 0 Å². The molecule has 0 bridgehead atoms.